The smallest absolute Gasteiger partial charge is 0.0299 e. The van der Waals surface area contributed by atoms with E-state index in [1.165, 1.54) is 31.2 Å². The van der Waals surface area contributed by atoms with Gasteiger partial charge in [0.1, 0.15) is 0 Å². The number of rotatable bonds is 3. The molecule has 3 atom stereocenters. The Morgan fingerprint density at radius 1 is 1.44 bits per heavy atom. The first-order valence-corrected chi connectivity index (χ1v) is 6.44. The fourth-order valence-corrected chi connectivity index (χ4v) is 2.81. The molecule has 0 amide bonds. The first-order chi connectivity index (χ1) is 7.79. The van der Waals surface area contributed by atoms with Gasteiger partial charge in [-0.2, -0.15) is 0 Å². The highest BCUT2D eigenvalue weighted by molar-refractivity contribution is 5.10. The standard InChI is InChI=1S/C14H22N2/c1-2-11-5-6-14(15)13(8-11)9-12-4-3-7-16-10-12/h3-4,7,10-11,13-14H,2,5-6,8-9,15H2,1H3. The van der Waals surface area contributed by atoms with E-state index in [1.54, 1.807) is 0 Å². The van der Waals surface area contributed by atoms with Crippen LogP contribution in [0.1, 0.15) is 38.2 Å². The molecule has 0 aromatic carbocycles. The highest BCUT2D eigenvalue weighted by Crippen LogP contribution is 2.32. The fraction of sp³-hybridized carbons (Fsp3) is 0.643. The predicted molar refractivity (Wildman–Crippen MR) is 67.0 cm³/mol. The third kappa shape index (κ3) is 2.82. The van der Waals surface area contributed by atoms with E-state index in [0.717, 1.165) is 12.3 Å². The van der Waals surface area contributed by atoms with Crippen molar-refractivity contribution >= 4 is 0 Å². The summed E-state index contributed by atoms with van der Waals surface area (Å²) in [4.78, 5) is 4.17. The van der Waals surface area contributed by atoms with Crippen LogP contribution in [0, 0.1) is 11.8 Å². The van der Waals surface area contributed by atoms with E-state index in [-0.39, 0.29) is 0 Å². The van der Waals surface area contributed by atoms with E-state index in [9.17, 15) is 0 Å². The number of hydrogen-bond donors (Lipinski definition) is 1. The van der Waals surface area contributed by atoms with Crippen LogP contribution in [0.4, 0.5) is 0 Å². The van der Waals surface area contributed by atoms with Gasteiger partial charge in [0.15, 0.2) is 0 Å². The van der Waals surface area contributed by atoms with Gasteiger partial charge in [-0.3, -0.25) is 4.98 Å². The van der Waals surface area contributed by atoms with Crippen molar-refractivity contribution in [2.24, 2.45) is 17.6 Å². The average molecular weight is 218 g/mol. The second kappa shape index (κ2) is 5.44. The minimum Gasteiger partial charge on any atom is -0.327 e. The molecule has 1 aliphatic rings. The average Bonchev–Trinajstić information content (AvgIpc) is 2.33. The third-order valence-corrected chi connectivity index (χ3v) is 3.95. The summed E-state index contributed by atoms with van der Waals surface area (Å²) in [5, 5.41) is 0. The van der Waals surface area contributed by atoms with Gasteiger partial charge in [-0.25, -0.2) is 0 Å². The summed E-state index contributed by atoms with van der Waals surface area (Å²) in [7, 11) is 0. The molecule has 2 heteroatoms. The lowest BCUT2D eigenvalue weighted by atomic mass is 9.75. The topological polar surface area (TPSA) is 38.9 Å². The van der Waals surface area contributed by atoms with Crippen molar-refractivity contribution in [2.45, 2.75) is 45.1 Å². The Morgan fingerprint density at radius 2 is 2.31 bits per heavy atom. The van der Waals surface area contributed by atoms with Crippen LogP contribution < -0.4 is 5.73 Å². The Labute approximate surface area is 98.3 Å². The van der Waals surface area contributed by atoms with Gasteiger partial charge in [-0.1, -0.05) is 19.4 Å². The molecule has 88 valence electrons. The molecule has 1 fully saturated rings. The van der Waals surface area contributed by atoms with Crippen molar-refractivity contribution in [3.05, 3.63) is 30.1 Å². The molecule has 1 aromatic rings. The molecular formula is C14H22N2. The normalized spacial score (nSPS) is 30.2. The maximum Gasteiger partial charge on any atom is 0.0299 e. The van der Waals surface area contributed by atoms with Gasteiger partial charge < -0.3 is 5.73 Å². The number of nitrogens with two attached hydrogens (primary N) is 1. The van der Waals surface area contributed by atoms with Crippen LogP contribution in [0.5, 0.6) is 0 Å². The molecule has 1 heterocycles. The van der Waals surface area contributed by atoms with Gasteiger partial charge in [-0.15, -0.1) is 0 Å². The van der Waals surface area contributed by atoms with Crippen LogP contribution in [0.3, 0.4) is 0 Å². The first-order valence-electron chi connectivity index (χ1n) is 6.44. The molecule has 0 aliphatic heterocycles. The van der Waals surface area contributed by atoms with Gasteiger partial charge in [0.05, 0.1) is 0 Å². The van der Waals surface area contributed by atoms with Crippen LogP contribution in [-0.4, -0.2) is 11.0 Å². The molecule has 0 saturated heterocycles. The summed E-state index contributed by atoms with van der Waals surface area (Å²) in [6.07, 6.45) is 10.0. The zero-order chi connectivity index (χ0) is 11.4. The van der Waals surface area contributed by atoms with Crippen molar-refractivity contribution in [3.63, 3.8) is 0 Å². The minimum atomic E-state index is 0.392. The van der Waals surface area contributed by atoms with E-state index >= 15 is 0 Å². The Morgan fingerprint density at radius 3 is 3.00 bits per heavy atom. The molecule has 1 aliphatic carbocycles. The zero-order valence-electron chi connectivity index (χ0n) is 10.1. The molecule has 2 rings (SSSR count). The predicted octanol–water partition coefficient (Wildman–Crippen LogP) is 2.78. The molecule has 2 nitrogen and oxygen atoms in total. The Balaban J connectivity index is 1.97. The van der Waals surface area contributed by atoms with Crippen LogP contribution in [-0.2, 0) is 6.42 Å². The van der Waals surface area contributed by atoms with Crippen molar-refractivity contribution in [1.29, 1.82) is 0 Å². The number of aromatic nitrogens is 1. The van der Waals surface area contributed by atoms with Crippen LogP contribution >= 0.6 is 0 Å². The second-order valence-corrected chi connectivity index (χ2v) is 5.08. The summed E-state index contributed by atoms with van der Waals surface area (Å²) < 4.78 is 0. The fourth-order valence-electron chi connectivity index (χ4n) is 2.81. The number of nitrogens with zero attached hydrogens (tertiary/aromatic N) is 1. The number of pyridine rings is 1. The Hall–Kier alpha value is -0.890. The lowest BCUT2D eigenvalue weighted by Gasteiger charge is -2.33. The van der Waals surface area contributed by atoms with E-state index in [1.807, 2.05) is 18.5 Å². The van der Waals surface area contributed by atoms with E-state index in [4.69, 9.17) is 5.73 Å². The molecule has 16 heavy (non-hydrogen) atoms. The SMILES string of the molecule is CCC1CCC(N)C(Cc2cccnc2)C1. The highest BCUT2D eigenvalue weighted by atomic mass is 14.7. The van der Waals surface area contributed by atoms with Gasteiger partial charge >= 0.3 is 0 Å². The van der Waals surface area contributed by atoms with Crippen molar-refractivity contribution in [3.8, 4) is 0 Å². The van der Waals surface area contributed by atoms with Crippen LogP contribution in [0.25, 0.3) is 0 Å². The van der Waals surface area contributed by atoms with Crippen LogP contribution in [0.2, 0.25) is 0 Å². The Bertz CT molecular complexity index is 310. The molecule has 2 N–H and O–H groups in total. The van der Waals surface area contributed by atoms with Crippen molar-refractivity contribution in [1.82, 2.24) is 4.98 Å². The maximum atomic E-state index is 6.22. The van der Waals surface area contributed by atoms with E-state index < -0.39 is 0 Å². The largest absolute Gasteiger partial charge is 0.327 e. The summed E-state index contributed by atoms with van der Waals surface area (Å²) in [6.45, 7) is 2.29. The van der Waals surface area contributed by atoms with Crippen molar-refractivity contribution in [2.75, 3.05) is 0 Å². The van der Waals surface area contributed by atoms with Gasteiger partial charge in [0.2, 0.25) is 0 Å². The van der Waals surface area contributed by atoms with Gasteiger partial charge in [0.25, 0.3) is 0 Å². The van der Waals surface area contributed by atoms with E-state index in [2.05, 4.69) is 18.0 Å². The molecule has 0 bridgehead atoms. The summed E-state index contributed by atoms with van der Waals surface area (Å²) >= 11 is 0. The van der Waals surface area contributed by atoms with E-state index in [0.29, 0.717) is 12.0 Å². The minimum absolute atomic E-state index is 0.392. The molecule has 3 unspecified atom stereocenters. The molecular weight excluding hydrogens is 196 g/mol. The van der Waals surface area contributed by atoms with Crippen molar-refractivity contribution < 1.29 is 0 Å². The summed E-state index contributed by atoms with van der Waals surface area (Å²) in [5.41, 5.74) is 7.56. The highest BCUT2D eigenvalue weighted by Gasteiger charge is 2.27. The molecule has 1 aromatic heterocycles. The molecule has 0 radical (unpaired) electrons. The Kier molecular flexibility index (Phi) is 3.94. The molecule has 0 spiro atoms. The summed E-state index contributed by atoms with van der Waals surface area (Å²) in [5.74, 6) is 1.55. The second-order valence-electron chi connectivity index (χ2n) is 5.08. The first kappa shape index (κ1) is 11.6. The zero-order valence-corrected chi connectivity index (χ0v) is 10.1. The lowest BCUT2D eigenvalue weighted by molar-refractivity contribution is 0.227. The van der Waals surface area contributed by atoms with Crippen LogP contribution in [0.15, 0.2) is 24.5 Å². The third-order valence-electron chi connectivity index (χ3n) is 3.95. The molecule has 1 saturated carbocycles. The summed E-state index contributed by atoms with van der Waals surface area (Å²) in [6, 6.07) is 4.57. The lowest BCUT2D eigenvalue weighted by Crippen LogP contribution is -2.37. The van der Waals surface area contributed by atoms with Gasteiger partial charge in [0, 0.05) is 18.4 Å². The number of hydrogen-bond acceptors (Lipinski definition) is 2. The quantitative estimate of drug-likeness (QED) is 0.847. The monoisotopic (exact) mass is 218 g/mol. The maximum absolute atomic E-state index is 6.22. The van der Waals surface area contributed by atoms with Gasteiger partial charge in [-0.05, 0) is 49.1 Å².